The highest BCUT2D eigenvalue weighted by molar-refractivity contribution is 7.14. The van der Waals surface area contributed by atoms with Crippen molar-refractivity contribution in [2.75, 3.05) is 31.1 Å². The maximum atomic E-state index is 11.5. The van der Waals surface area contributed by atoms with Crippen molar-refractivity contribution in [3.63, 3.8) is 0 Å². The van der Waals surface area contributed by atoms with Crippen LogP contribution in [0.3, 0.4) is 0 Å². The summed E-state index contributed by atoms with van der Waals surface area (Å²) < 4.78 is 0. The minimum Gasteiger partial charge on any atom is -0.396 e. The topological polar surface area (TPSA) is 56.7 Å². The normalized spacial score (nSPS) is 19.4. The van der Waals surface area contributed by atoms with Gasteiger partial charge in [0, 0.05) is 38.5 Å². The van der Waals surface area contributed by atoms with Crippen LogP contribution in [0.5, 0.6) is 0 Å². The lowest BCUT2D eigenvalue weighted by Crippen LogP contribution is -2.28. The fraction of sp³-hybridized carbons (Fsp3) is 0.714. The molecule has 1 saturated heterocycles. The van der Waals surface area contributed by atoms with Crippen molar-refractivity contribution < 1.29 is 9.90 Å². The van der Waals surface area contributed by atoms with Gasteiger partial charge in [-0.15, -0.1) is 11.3 Å². The van der Waals surface area contributed by atoms with E-state index in [1.807, 2.05) is 12.3 Å². The first-order chi connectivity index (χ1) is 9.63. The number of carbonyl (C=O) groups is 1. The zero-order valence-electron chi connectivity index (χ0n) is 12.2. The molecule has 1 aliphatic rings. The molecule has 20 heavy (non-hydrogen) atoms. The van der Waals surface area contributed by atoms with Crippen LogP contribution >= 0.6 is 11.3 Å². The number of nitrogens with zero attached hydrogens (tertiary/aromatic N) is 3. The molecule has 1 fully saturated rings. The number of carbonyl (C=O) groups excluding carboxylic acids is 1. The molecular weight excluding hydrogens is 274 g/mol. The van der Waals surface area contributed by atoms with Gasteiger partial charge in [0.1, 0.15) is 0 Å². The Hall–Kier alpha value is -0.980. The quantitative estimate of drug-likeness (QED) is 0.868. The molecule has 0 saturated carbocycles. The largest absolute Gasteiger partial charge is 0.396 e. The van der Waals surface area contributed by atoms with E-state index in [-0.39, 0.29) is 12.5 Å². The zero-order valence-corrected chi connectivity index (χ0v) is 13.0. The predicted octanol–water partition coefficient (Wildman–Crippen LogP) is 1.72. The first-order valence-electron chi connectivity index (χ1n) is 7.19. The summed E-state index contributed by atoms with van der Waals surface area (Å²) in [5.74, 6) is 0.653. The lowest BCUT2D eigenvalue weighted by molar-refractivity contribution is -0.116. The average molecular weight is 297 g/mol. The fourth-order valence-electron chi connectivity index (χ4n) is 2.69. The van der Waals surface area contributed by atoms with Gasteiger partial charge in [0.25, 0.3) is 0 Å². The number of amides is 1. The molecule has 1 amide bonds. The van der Waals surface area contributed by atoms with Crippen molar-refractivity contribution in [3.8, 4) is 0 Å². The Morgan fingerprint density at radius 1 is 1.65 bits per heavy atom. The third-order valence-electron chi connectivity index (χ3n) is 3.76. The monoisotopic (exact) mass is 297 g/mol. The molecule has 0 radical (unpaired) electrons. The molecule has 1 aromatic heterocycles. The van der Waals surface area contributed by atoms with Crippen LogP contribution in [-0.2, 0) is 11.3 Å². The second kappa shape index (κ2) is 7.15. The Labute approximate surface area is 124 Å². The summed E-state index contributed by atoms with van der Waals surface area (Å²) >= 11 is 1.53. The molecule has 0 bridgehead atoms. The van der Waals surface area contributed by atoms with E-state index in [2.05, 4.69) is 9.88 Å². The number of likely N-dealkylation sites (tertiary alicyclic amines) is 1. The molecule has 1 N–H and O–H groups in total. The predicted molar refractivity (Wildman–Crippen MR) is 80.9 cm³/mol. The molecule has 0 aliphatic carbocycles. The molecule has 2 rings (SSSR count). The Bertz CT molecular complexity index is 449. The van der Waals surface area contributed by atoms with Gasteiger partial charge in [-0.2, -0.15) is 0 Å². The van der Waals surface area contributed by atoms with Crippen LogP contribution in [0.15, 0.2) is 5.38 Å². The lowest BCUT2D eigenvalue weighted by atomic mass is 10.1. The van der Waals surface area contributed by atoms with Crippen LogP contribution in [0.1, 0.15) is 32.4 Å². The molecule has 1 atom stereocenters. The summed E-state index contributed by atoms with van der Waals surface area (Å²) in [6.07, 6.45) is 2.05. The lowest BCUT2D eigenvalue weighted by Gasteiger charge is -2.16. The van der Waals surface area contributed by atoms with E-state index >= 15 is 0 Å². The fourth-order valence-corrected chi connectivity index (χ4v) is 3.61. The van der Waals surface area contributed by atoms with E-state index in [0.29, 0.717) is 12.5 Å². The number of rotatable bonds is 6. The highest BCUT2D eigenvalue weighted by Gasteiger charge is 2.23. The maximum Gasteiger partial charge on any atom is 0.225 e. The minimum atomic E-state index is 0.0394. The highest BCUT2D eigenvalue weighted by Crippen LogP contribution is 2.24. The number of aromatic nitrogens is 1. The Morgan fingerprint density at radius 3 is 3.10 bits per heavy atom. The molecular formula is C14H23N3O2S. The van der Waals surface area contributed by atoms with Crippen molar-refractivity contribution in [1.82, 2.24) is 9.88 Å². The Kier molecular flexibility index (Phi) is 5.51. The van der Waals surface area contributed by atoms with Crippen LogP contribution in [0.25, 0.3) is 0 Å². The molecule has 112 valence electrons. The molecule has 1 aliphatic heterocycles. The Morgan fingerprint density at radius 2 is 2.45 bits per heavy atom. The summed E-state index contributed by atoms with van der Waals surface area (Å²) in [7, 11) is 0. The third kappa shape index (κ3) is 3.77. The van der Waals surface area contributed by atoms with Gasteiger partial charge in [0.05, 0.1) is 5.69 Å². The van der Waals surface area contributed by atoms with Gasteiger partial charge >= 0.3 is 0 Å². The maximum absolute atomic E-state index is 11.5. The van der Waals surface area contributed by atoms with Gasteiger partial charge in [0.2, 0.25) is 5.91 Å². The van der Waals surface area contributed by atoms with Crippen molar-refractivity contribution in [2.45, 2.75) is 33.2 Å². The van der Waals surface area contributed by atoms with E-state index in [1.54, 1.807) is 11.8 Å². The standard InChI is InChI=1S/C14H23N3O2S/c1-3-17(11(2)19)14-15-13(10-20-14)9-16-6-4-12(8-16)5-7-18/h10,12,18H,3-9H2,1-2H3. The van der Waals surface area contributed by atoms with Gasteiger partial charge in [-0.05, 0) is 32.2 Å². The summed E-state index contributed by atoms with van der Waals surface area (Å²) in [4.78, 5) is 20.2. The highest BCUT2D eigenvalue weighted by atomic mass is 32.1. The van der Waals surface area contributed by atoms with Gasteiger partial charge in [-0.25, -0.2) is 4.98 Å². The van der Waals surface area contributed by atoms with E-state index in [1.165, 1.54) is 11.3 Å². The van der Waals surface area contributed by atoms with Gasteiger partial charge in [-0.3, -0.25) is 14.6 Å². The molecule has 2 heterocycles. The molecule has 5 nitrogen and oxygen atoms in total. The molecule has 1 aromatic rings. The summed E-state index contributed by atoms with van der Waals surface area (Å²) in [5, 5.41) is 11.8. The molecule has 0 spiro atoms. The number of hydrogen-bond donors (Lipinski definition) is 1. The van der Waals surface area contributed by atoms with E-state index in [4.69, 9.17) is 5.11 Å². The van der Waals surface area contributed by atoms with Crippen molar-refractivity contribution in [2.24, 2.45) is 5.92 Å². The molecule has 6 heteroatoms. The number of aliphatic hydroxyl groups excluding tert-OH is 1. The van der Waals surface area contributed by atoms with Gasteiger partial charge in [0.15, 0.2) is 5.13 Å². The van der Waals surface area contributed by atoms with Crippen molar-refractivity contribution >= 4 is 22.4 Å². The van der Waals surface area contributed by atoms with Crippen molar-refractivity contribution in [1.29, 1.82) is 0 Å². The second-order valence-electron chi connectivity index (χ2n) is 5.29. The van der Waals surface area contributed by atoms with Crippen LogP contribution in [0.2, 0.25) is 0 Å². The first-order valence-corrected chi connectivity index (χ1v) is 8.07. The second-order valence-corrected chi connectivity index (χ2v) is 6.12. The Balaban J connectivity index is 1.92. The van der Waals surface area contributed by atoms with E-state index < -0.39 is 0 Å². The number of thiazole rings is 1. The molecule has 1 unspecified atom stereocenters. The van der Waals surface area contributed by atoms with Crippen LogP contribution < -0.4 is 4.90 Å². The first kappa shape index (κ1) is 15.4. The third-order valence-corrected chi connectivity index (χ3v) is 4.67. The summed E-state index contributed by atoms with van der Waals surface area (Å²) in [6, 6.07) is 0. The minimum absolute atomic E-state index is 0.0394. The van der Waals surface area contributed by atoms with Gasteiger partial charge in [-0.1, -0.05) is 0 Å². The van der Waals surface area contributed by atoms with Crippen LogP contribution in [0.4, 0.5) is 5.13 Å². The van der Waals surface area contributed by atoms with E-state index in [9.17, 15) is 4.79 Å². The zero-order chi connectivity index (χ0) is 14.5. The van der Waals surface area contributed by atoms with Crippen molar-refractivity contribution in [3.05, 3.63) is 11.1 Å². The number of anilines is 1. The SMILES string of the molecule is CCN(C(C)=O)c1nc(CN2CCC(CCO)C2)cs1. The van der Waals surface area contributed by atoms with Crippen LogP contribution in [0, 0.1) is 5.92 Å². The number of aliphatic hydroxyl groups is 1. The van der Waals surface area contributed by atoms with Crippen LogP contribution in [-0.4, -0.2) is 47.1 Å². The van der Waals surface area contributed by atoms with Gasteiger partial charge < -0.3 is 5.11 Å². The average Bonchev–Trinajstić information content (AvgIpc) is 3.01. The summed E-state index contributed by atoms with van der Waals surface area (Å²) in [6.45, 7) is 7.42. The van der Waals surface area contributed by atoms with E-state index in [0.717, 1.165) is 43.3 Å². The number of hydrogen-bond acceptors (Lipinski definition) is 5. The smallest absolute Gasteiger partial charge is 0.225 e. The summed E-state index contributed by atoms with van der Waals surface area (Å²) in [5.41, 5.74) is 1.04. The molecule has 0 aromatic carbocycles.